The fraction of sp³-hybridized carbons (Fsp3) is 0.750. The van der Waals surface area contributed by atoms with Gasteiger partial charge in [-0.1, -0.05) is 20.8 Å². The topological polar surface area (TPSA) is 24.9 Å². The van der Waals surface area contributed by atoms with Crippen LogP contribution in [0.15, 0.2) is 0 Å². The molecular formula is C12H22N2S. The molecule has 1 unspecified atom stereocenters. The molecule has 0 aromatic carbocycles. The summed E-state index contributed by atoms with van der Waals surface area (Å²) in [5, 5.41) is 4.64. The molecule has 1 heterocycles. The van der Waals surface area contributed by atoms with Gasteiger partial charge in [-0.15, -0.1) is 11.3 Å². The Labute approximate surface area is 97.1 Å². The van der Waals surface area contributed by atoms with Crippen LogP contribution >= 0.6 is 11.3 Å². The quantitative estimate of drug-likeness (QED) is 0.857. The highest BCUT2D eigenvalue weighted by atomic mass is 32.1. The van der Waals surface area contributed by atoms with Crippen molar-refractivity contribution in [3.8, 4) is 0 Å². The van der Waals surface area contributed by atoms with Gasteiger partial charge in [0.15, 0.2) is 0 Å². The lowest BCUT2D eigenvalue weighted by molar-refractivity contribution is 0.279. The normalized spacial score (nSPS) is 14.3. The number of nitrogens with one attached hydrogen (secondary N) is 1. The zero-order valence-electron chi connectivity index (χ0n) is 10.6. The van der Waals surface area contributed by atoms with Crippen LogP contribution in [0, 0.1) is 19.3 Å². The zero-order chi connectivity index (χ0) is 11.6. The number of aryl methyl sites for hydroxylation is 2. The van der Waals surface area contributed by atoms with Gasteiger partial charge in [0.25, 0.3) is 0 Å². The molecule has 1 N–H and O–H groups in total. The van der Waals surface area contributed by atoms with E-state index in [1.165, 1.54) is 15.6 Å². The molecule has 0 fully saturated rings. The van der Waals surface area contributed by atoms with Gasteiger partial charge in [-0.3, -0.25) is 0 Å². The predicted molar refractivity (Wildman–Crippen MR) is 67.6 cm³/mol. The second-order valence-corrected chi connectivity index (χ2v) is 6.45. The lowest BCUT2D eigenvalue weighted by Crippen LogP contribution is -2.39. The molecule has 15 heavy (non-hydrogen) atoms. The molecule has 1 rings (SSSR count). The minimum absolute atomic E-state index is 0.280. The highest BCUT2D eigenvalue weighted by molar-refractivity contribution is 7.11. The summed E-state index contributed by atoms with van der Waals surface area (Å²) >= 11 is 1.82. The number of aromatic nitrogens is 1. The minimum Gasteiger partial charge on any atom is -0.316 e. The van der Waals surface area contributed by atoms with E-state index in [-0.39, 0.29) is 5.41 Å². The fourth-order valence-corrected chi connectivity index (χ4v) is 2.62. The van der Waals surface area contributed by atoms with Crippen LogP contribution < -0.4 is 5.32 Å². The third-order valence-corrected chi connectivity index (χ3v) is 3.94. The molecule has 0 aliphatic rings. The first-order valence-corrected chi connectivity index (χ1v) is 6.26. The standard InChI is InChI=1S/C12H22N2S/c1-8-9(2)15-11(14-8)7-10(13-6)12(3,4)5/h10,13H,7H2,1-6H3. The smallest absolute Gasteiger partial charge is 0.0946 e. The van der Waals surface area contributed by atoms with E-state index >= 15 is 0 Å². The van der Waals surface area contributed by atoms with Crippen LogP contribution in [0.4, 0.5) is 0 Å². The molecular weight excluding hydrogens is 204 g/mol. The maximum absolute atomic E-state index is 4.59. The number of likely N-dealkylation sites (N-methyl/N-ethyl adjacent to an activating group) is 1. The number of hydrogen-bond donors (Lipinski definition) is 1. The molecule has 0 spiro atoms. The first-order valence-electron chi connectivity index (χ1n) is 5.44. The van der Waals surface area contributed by atoms with Gasteiger partial charge in [0, 0.05) is 17.3 Å². The Hall–Kier alpha value is -0.410. The lowest BCUT2D eigenvalue weighted by atomic mass is 9.85. The van der Waals surface area contributed by atoms with Gasteiger partial charge in [0.1, 0.15) is 0 Å². The number of hydrogen-bond acceptors (Lipinski definition) is 3. The molecule has 0 aliphatic heterocycles. The van der Waals surface area contributed by atoms with E-state index in [4.69, 9.17) is 0 Å². The summed E-state index contributed by atoms with van der Waals surface area (Å²) in [4.78, 5) is 5.93. The zero-order valence-corrected chi connectivity index (χ0v) is 11.5. The van der Waals surface area contributed by atoms with E-state index in [1.807, 2.05) is 18.4 Å². The van der Waals surface area contributed by atoms with Crippen molar-refractivity contribution in [2.45, 2.75) is 47.1 Å². The fourth-order valence-electron chi connectivity index (χ4n) is 1.64. The molecule has 3 heteroatoms. The second kappa shape index (κ2) is 4.62. The number of thiazole rings is 1. The molecule has 2 nitrogen and oxygen atoms in total. The van der Waals surface area contributed by atoms with Crippen molar-refractivity contribution in [1.82, 2.24) is 10.3 Å². The van der Waals surface area contributed by atoms with E-state index in [1.54, 1.807) is 0 Å². The van der Waals surface area contributed by atoms with Crippen LogP contribution in [-0.4, -0.2) is 18.1 Å². The van der Waals surface area contributed by atoms with Crippen molar-refractivity contribution in [3.05, 3.63) is 15.6 Å². The maximum atomic E-state index is 4.59. The van der Waals surface area contributed by atoms with Gasteiger partial charge >= 0.3 is 0 Å². The Balaban J connectivity index is 2.75. The third kappa shape index (κ3) is 3.28. The Morgan fingerprint density at radius 3 is 2.27 bits per heavy atom. The highest BCUT2D eigenvalue weighted by Gasteiger charge is 2.24. The molecule has 0 radical (unpaired) electrons. The van der Waals surface area contributed by atoms with E-state index < -0.39 is 0 Å². The number of rotatable bonds is 3. The lowest BCUT2D eigenvalue weighted by Gasteiger charge is -2.29. The molecule has 0 aliphatic carbocycles. The molecule has 1 aromatic heterocycles. The van der Waals surface area contributed by atoms with Crippen molar-refractivity contribution >= 4 is 11.3 Å². The van der Waals surface area contributed by atoms with Crippen LogP contribution in [0.2, 0.25) is 0 Å². The van der Waals surface area contributed by atoms with Crippen molar-refractivity contribution in [2.24, 2.45) is 5.41 Å². The third-order valence-electron chi connectivity index (χ3n) is 2.85. The van der Waals surface area contributed by atoms with Gasteiger partial charge in [-0.05, 0) is 26.3 Å². The Morgan fingerprint density at radius 1 is 1.33 bits per heavy atom. The summed E-state index contributed by atoms with van der Waals surface area (Å²) < 4.78 is 0. The first-order chi connectivity index (χ1) is 6.84. The Bertz CT molecular complexity index is 303. The summed E-state index contributed by atoms with van der Waals surface area (Å²) in [6.07, 6.45) is 1.03. The summed E-state index contributed by atoms with van der Waals surface area (Å²) in [5.41, 5.74) is 1.46. The predicted octanol–water partition coefficient (Wildman–Crippen LogP) is 2.94. The van der Waals surface area contributed by atoms with Gasteiger partial charge in [-0.2, -0.15) is 0 Å². The van der Waals surface area contributed by atoms with Crippen molar-refractivity contribution in [1.29, 1.82) is 0 Å². The molecule has 1 atom stereocenters. The van der Waals surface area contributed by atoms with Crippen LogP contribution in [-0.2, 0) is 6.42 Å². The Kier molecular flexibility index (Phi) is 3.90. The van der Waals surface area contributed by atoms with Gasteiger partial charge in [0.05, 0.1) is 10.7 Å². The van der Waals surface area contributed by atoms with Gasteiger partial charge < -0.3 is 5.32 Å². The minimum atomic E-state index is 0.280. The summed E-state index contributed by atoms with van der Waals surface area (Å²) in [5.74, 6) is 0. The van der Waals surface area contributed by atoms with Crippen LogP contribution in [0.5, 0.6) is 0 Å². The monoisotopic (exact) mass is 226 g/mol. The van der Waals surface area contributed by atoms with Gasteiger partial charge in [0.2, 0.25) is 0 Å². The average Bonchev–Trinajstić information content (AvgIpc) is 2.40. The van der Waals surface area contributed by atoms with Crippen LogP contribution in [0.3, 0.4) is 0 Å². The van der Waals surface area contributed by atoms with Gasteiger partial charge in [-0.25, -0.2) is 4.98 Å². The van der Waals surface area contributed by atoms with Crippen molar-refractivity contribution in [2.75, 3.05) is 7.05 Å². The van der Waals surface area contributed by atoms with E-state index in [9.17, 15) is 0 Å². The van der Waals surface area contributed by atoms with Crippen molar-refractivity contribution < 1.29 is 0 Å². The molecule has 0 saturated carbocycles. The molecule has 86 valence electrons. The molecule has 0 amide bonds. The summed E-state index contributed by atoms with van der Waals surface area (Å²) in [7, 11) is 2.03. The maximum Gasteiger partial charge on any atom is 0.0946 e. The average molecular weight is 226 g/mol. The van der Waals surface area contributed by atoms with E-state index in [0.717, 1.165) is 6.42 Å². The van der Waals surface area contributed by atoms with Crippen molar-refractivity contribution in [3.63, 3.8) is 0 Å². The molecule has 0 saturated heterocycles. The first kappa shape index (κ1) is 12.7. The highest BCUT2D eigenvalue weighted by Crippen LogP contribution is 2.25. The Morgan fingerprint density at radius 2 is 1.93 bits per heavy atom. The van der Waals surface area contributed by atoms with E-state index in [0.29, 0.717) is 6.04 Å². The summed E-state index contributed by atoms with van der Waals surface area (Å²) in [6, 6.07) is 0.488. The molecule has 0 bridgehead atoms. The summed E-state index contributed by atoms with van der Waals surface area (Å²) in [6.45, 7) is 11.0. The molecule has 1 aromatic rings. The van der Waals surface area contributed by atoms with Crippen LogP contribution in [0.25, 0.3) is 0 Å². The SMILES string of the molecule is CNC(Cc1nc(C)c(C)s1)C(C)(C)C. The second-order valence-electron chi connectivity index (χ2n) is 5.16. The van der Waals surface area contributed by atoms with E-state index in [2.05, 4.69) is 44.9 Å². The van der Waals surface area contributed by atoms with Crippen LogP contribution in [0.1, 0.15) is 36.3 Å². The number of nitrogens with zero attached hydrogens (tertiary/aromatic N) is 1. The largest absolute Gasteiger partial charge is 0.316 e.